The Bertz CT molecular complexity index is 351. The lowest BCUT2D eigenvalue weighted by Gasteiger charge is -2.24. The van der Waals surface area contributed by atoms with Crippen molar-refractivity contribution in [2.45, 2.75) is 18.6 Å². The van der Waals surface area contributed by atoms with Crippen molar-refractivity contribution in [1.82, 2.24) is 0 Å². The number of fused-ring (bicyclic) bond motifs is 1. The molecule has 3 heteroatoms. The Morgan fingerprint density at radius 2 is 2.29 bits per heavy atom. The minimum absolute atomic E-state index is 0.134. The van der Waals surface area contributed by atoms with Gasteiger partial charge in [0.05, 0.1) is 0 Å². The molecule has 1 aliphatic rings. The minimum atomic E-state index is 0.134. The first kappa shape index (κ1) is 9.59. The van der Waals surface area contributed by atoms with Crippen molar-refractivity contribution in [3.05, 3.63) is 29.8 Å². The molecule has 0 aromatic heterocycles. The van der Waals surface area contributed by atoms with E-state index in [2.05, 4.69) is 18.3 Å². The molecule has 0 bridgehead atoms. The van der Waals surface area contributed by atoms with Crippen LogP contribution in [0, 0.1) is 0 Å². The van der Waals surface area contributed by atoms with E-state index >= 15 is 0 Å². The molecule has 14 heavy (non-hydrogen) atoms. The molecule has 2 nitrogen and oxygen atoms in total. The lowest BCUT2D eigenvalue weighted by atomic mass is 10.0. The van der Waals surface area contributed by atoms with Gasteiger partial charge in [0.15, 0.2) is 0 Å². The summed E-state index contributed by atoms with van der Waals surface area (Å²) in [5, 5.41) is 3.23. The smallest absolute Gasteiger partial charge is 0.225 e. The summed E-state index contributed by atoms with van der Waals surface area (Å²) in [7, 11) is 0. The Morgan fingerprint density at radius 3 is 3.07 bits per heavy atom. The third kappa shape index (κ3) is 1.77. The highest BCUT2D eigenvalue weighted by Crippen LogP contribution is 2.39. The zero-order chi connectivity index (χ0) is 9.97. The molecule has 1 N–H and O–H groups in total. The van der Waals surface area contributed by atoms with E-state index in [1.165, 1.54) is 5.56 Å². The number of hydrogen-bond donors (Lipinski definition) is 1. The van der Waals surface area contributed by atoms with Gasteiger partial charge >= 0.3 is 0 Å². The third-order valence-corrected chi connectivity index (χ3v) is 3.48. The molecule has 1 aliphatic heterocycles. The zero-order valence-corrected chi connectivity index (χ0v) is 8.93. The van der Waals surface area contributed by atoms with E-state index < -0.39 is 0 Å². The molecule has 0 saturated carbocycles. The van der Waals surface area contributed by atoms with Gasteiger partial charge in [0, 0.05) is 17.4 Å². The highest BCUT2D eigenvalue weighted by atomic mass is 32.2. The van der Waals surface area contributed by atoms with E-state index in [0.717, 1.165) is 11.4 Å². The highest BCUT2D eigenvalue weighted by molar-refractivity contribution is 7.99. The highest BCUT2D eigenvalue weighted by Gasteiger charge is 2.24. The van der Waals surface area contributed by atoms with Crippen LogP contribution < -0.4 is 5.32 Å². The van der Waals surface area contributed by atoms with Crippen molar-refractivity contribution in [3.63, 3.8) is 0 Å². The lowest BCUT2D eigenvalue weighted by molar-refractivity contribution is -0.116. The van der Waals surface area contributed by atoms with Crippen molar-refractivity contribution in [1.29, 1.82) is 0 Å². The molecule has 1 heterocycles. The van der Waals surface area contributed by atoms with Gasteiger partial charge in [0.2, 0.25) is 5.91 Å². The molecule has 1 amide bonds. The number of amides is 1. The van der Waals surface area contributed by atoms with Crippen molar-refractivity contribution in [3.8, 4) is 0 Å². The van der Waals surface area contributed by atoms with E-state index in [4.69, 9.17) is 0 Å². The normalized spacial score (nSPS) is 20.1. The second-order valence-corrected chi connectivity index (χ2v) is 4.76. The van der Waals surface area contributed by atoms with E-state index in [9.17, 15) is 4.79 Å². The summed E-state index contributed by atoms with van der Waals surface area (Å²) < 4.78 is 0. The number of carbonyl (C=O) groups is 1. The van der Waals surface area contributed by atoms with Crippen LogP contribution in [0.1, 0.15) is 24.2 Å². The fourth-order valence-corrected chi connectivity index (χ4v) is 2.78. The maximum Gasteiger partial charge on any atom is 0.225 e. The first-order valence-corrected chi connectivity index (χ1v) is 5.86. The van der Waals surface area contributed by atoms with E-state index in [1.807, 2.05) is 30.0 Å². The summed E-state index contributed by atoms with van der Waals surface area (Å²) in [4.78, 5) is 11.4. The molecular formula is C11H13NOS. The minimum Gasteiger partial charge on any atom is -0.326 e. The van der Waals surface area contributed by atoms with Crippen molar-refractivity contribution in [2.75, 3.05) is 11.1 Å². The van der Waals surface area contributed by atoms with E-state index in [-0.39, 0.29) is 5.91 Å². The predicted octanol–water partition coefficient (Wildman–Crippen LogP) is 2.82. The maximum absolute atomic E-state index is 11.4. The topological polar surface area (TPSA) is 29.1 Å². The zero-order valence-electron chi connectivity index (χ0n) is 8.12. The Morgan fingerprint density at radius 1 is 1.50 bits per heavy atom. The molecule has 0 saturated heterocycles. The maximum atomic E-state index is 11.4. The molecule has 2 rings (SSSR count). The van der Waals surface area contributed by atoms with Gasteiger partial charge in [0.25, 0.3) is 0 Å². The van der Waals surface area contributed by atoms with Crippen LogP contribution in [-0.2, 0) is 4.79 Å². The number of rotatable bonds is 2. The van der Waals surface area contributed by atoms with Crippen molar-refractivity contribution in [2.24, 2.45) is 0 Å². The van der Waals surface area contributed by atoms with Crippen molar-refractivity contribution >= 4 is 23.4 Å². The number of thioether (sulfide) groups is 1. The summed E-state index contributed by atoms with van der Waals surface area (Å²) in [6.07, 6.45) is 0.607. The summed E-state index contributed by atoms with van der Waals surface area (Å²) in [5.74, 6) is 1.18. The number of benzene rings is 1. The fourth-order valence-electron chi connectivity index (χ4n) is 1.72. The number of anilines is 1. The molecule has 0 aliphatic carbocycles. The van der Waals surface area contributed by atoms with Crippen LogP contribution >= 0.6 is 11.8 Å². The van der Waals surface area contributed by atoms with Gasteiger partial charge in [-0.2, -0.15) is 11.8 Å². The Hall–Kier alpha value is -0.960. The van der Waals surface area contributed by atoms with Crippen LogP contribution in [0.15, 0.2) is 24.3 Å². The second-order valence-electron chi connectivity index (χ2n) is 3.28. The average Bonchev–Trinajstić information content (AvgIpc) is 2.18. The fraction of sp³-hybridized carbons (Fsp3) is 0.364. The van der Waals surface area contributed by atoms with Gasteiger partial charge in [0.1, 0.15) is 0 Å². The number of carbonyl (C=O) groups excluding carboxylic acids is 1. The van der Waals surface area contributed by atoms with Crippen LogP contribution in [0.5, 0.6) is 0 Å². The van der Waals surface area contributed by atoms with E-state index in [0.29, 0.717) is 11.7 Å². The van der Waals surface area contributed by atoms with Crippen molar-refractivity contribution < 1.29 is 4.79 Å². The molecule has 0 radical (unpaired) electrons. The molecule has 74 valence electrons. The summed E-state index contributed by atoms with van der Waals surface area (Å²) in [6, 6.07) is 8.05. The van der Waals surface area contributed by atoms with Gasteiger partial charge in [-0.05, 0) is 17.4 Å². The summed E-state index contributed by atoms with van der Waals surface area (Å²) in [5.41, 5.74) is 2.24. The average molecular weight is 207 g/mol. The molecule has 0 fully saturated rings. The Balaban J connectivity index is 2.33. The second kappa shape index (κ2) is 4.05. The van der Waals surface area contributed by atoms with Crippen LogP contribution in [-0.4, -0.2) is 11.7 Å². The van der Waals surface area contributed by atoms with Crippen LogP contribution in [0.25, 0.3) is 0 Å². The molecule has 1 unspecified atom stereocenters. The molecule has 0 spiro atoms. The van der Waals surface area contributed by atoms with Crippen LogP contribution in [0.3, 0.4) is 0 Å². The first-order valence-electron chi connectivity index (χ1n) is 4.81. The number of nitrogens with one attached hydrogen (secondary N) is 1. The SMILES string of the molecule is CCSC1CC(=O)Nc2ccccc21. The quantitative estimate of drug-likeness (QED) is 0.808. The van der Waals surface area contributed by atoms with Gasteiger partial charge in [-0.3, -0.25) is 4.79 Å². The monoisotopic (exact) mass is 207 g/mol. The number of hydrogen-bond acceptors (Lipinski definition) is 2. The Kier molecular flexibility index (Phi) is 2.77. The summed E-state index contributed by atoms with van der Waals surface area (Å²) in [6.45, 7) is 2.12. The molecular weight excluding hydrogens is 194 g/mol. The predicted molar refractivity (Wildman–Crippen MR) is 60.6 cm³/mol. The standard InChI is InChI=1S/C11H13NOS/c1-2-14-10-7-11(13)12-9-6-4-3-5-8(9)10/h3-6,10H,2,7H2,1H3,(H,12,13). The largest absolute Gasteiger partial charge is 0.326 e. The molecule has 1 atom stereocenters. The van der Waals surface area contributed by atoms with Crippen LogP contribution in [0.4, 0.5) is 5.69 Å². The van der Waals surface area contributed by atoms with Crippen LogP contribution in [0.2, 0.25) is 0 Å². The van der Waals surface area contributed by atoms with Gasteiger partial charge < -0.3 is 5.32 Å². The van der Waals surface area contributed by atoms with E-state index in [1.54, 1.807) is 0 Å². The third-order valence-electron chi connectivity index (χ3n) is 2.32. The summed E-state index contributed by atoms with van der Waals surface area (Å²) >= 11 is 1.84. The van der Waals surface area contributed by atoms with Gasteiger partial charge in [-0.25, -0.2) is 0 Å². The lowest BCUT2D eigenvalue weighted by Crippen LogP contribution is -2.21. The van der Waals surface area contributed by atoms with Gasteiger partial charge in [-0.1, -0.05) is 25.1 Å². The van der Waals surface area contributed by atoms with Gasteiger partial charge in [-0.15, -0.1) is 0 Å². The number of para-hydroxylation sites is 1. The first-order chi connectivity index (χ1) is 6.81. The molecule has 1 aromatic rings. The molecule has 1 aromatic carbocycles. The Labute approximate surface area is 88.1 Å².